The maximum absolute atomic E-state index is 14.4. The molecular weight excluding hydrogens is 379 g/mol. The van der Waals surface area contributed by atoms with Gasteiger partial charge in [-0.15, -0.1) is 0 Å². The van der Waals surface area contributed by atoms with Crippen LogP contribution in [0.4, 0.5) is 22.0 Å². The van der Waals surface area contributed by atoms with Crippen LogP contribution < -0.4 is 0 Å². The molecule has 0 aromatic heterocycles. The van der Waals surface area contributed by atoms with Crippen LogP contribution in [0.5, 0.6) is 0 Å². The summed E-state index contributed by atoms with van der Waals surface area (Å²) in [6.45, 7) is 5.51. The highest BCUT2D eigenvalue weighted by Crippen LogP contribution is 2.74. The third-order valence-corrected chi connectivity index (χ3v) is 8.84. The molecule has 28 heavy (non-hydrogen) atoms. The van der Waals surface area contributed by atoms with Crippen molar-refractivity contribution >= 4 is 0 Å². The summed E-state index contributed by atoms with van der Waals surface area (Å²) >= 11 is 0. The summed E-state index contributed by atoms with van der Waals surface area (Å²) in [6.07, 6.45) is -0.340. The van der Waals surface area contributed by atoms with Gasteiger partial charge >= 0.3 is 12.1 Å². The second kappa shape index (κ2) is 5.02. The van der Waals surface area contributed by atoms with E-state index in [0.29, 0.717) is 6.42 Å². The number of fused-ring (bicyclic) bond motifs is 3. The summed E-state index contributed by atoms with van der Waals surface area (Å²) in [5.74, 6) is -5.63. The summed E-state index contributed by atoms with van der Waals surface area (Å²) in [5.41, 5.74) is -2.97. The second-order valence-electron chi connectivity index (χ2n) is 9.85. The smallest absolute Gasteiger partial charge is 0.383 e. The number of ether oxygens (including phenoxy) is 1. The van der Waals surface area contributed by atoms with Gasteiger partial charge < -0.3 is 9.84 Å². The van der Waals surface area contributed by atoms with Crippen molar-refractivity contribution in [1.29, 1.82) is 0 Å². The number of hydrogen-bond donors (Lipinski definition) is 1. The highest BCUT2D eigenvalue weighted by Gasteiger charge is 2.81. The Labute approximate surface area is 160 Å². The maximum atomic E-state index is 14.4. The Balaban J connectivity index is 1.54. The normalized spacial score (nSPS) is 50.2. The predicted octanol–water partition coefficient (Wildman–Crippen LogP) is 5.32. The van der Waals surface area contributed by atoms with Gasteiger partial charge in [-0.05, 0) is 62.4 Å². The molecule has 3 saturated carbocycles. The molecule has 0 spiro atoms. The minimum atomic E-state index is -5.77. The van der Waals surface area contributed by atoms with Crippen LogP contribution in [-0.2, 0) is 4.74 Å². The SMILES string of the molecule is C=C1CCC23OC2(CCC2C3=CCC3(C)C2CCC3(O)C(F)(F)C(F)(F)F)C1. The Bertz CT molecular complexity index is 788. The first-order valence-corrected chi connectivity index (χ1v) is 10.1. The van der Waals surface area contributed by atoms with Crippen molar-refractivity contribution in [2.45, 2.75) is 87.2 Å². The Morgan fingerprint density at radius 1 is 1.14 bits per heavy atom. The van der Waals surface area contributed by atoms with E-state index in [1.807, 2.05) is 6.08 Å². The Morgan fingerprint density at radius 3 is 2.54 bits per heavy atom. The Morgan fingerprint density at radius 2 is 1.86 bits per heavy atom. The molecule has 6 unspecified atom stereocenters. The van der Waals surface area contributed by atoms with Crippen LogP contribution in [0.1, 0.15) is 58.3 Å². The molecule has 0 aromatic carbocycles. The zero-order valence-corrected chi connectivity index (χ0v) is 15.8. The lowest BCUT2D eigenvalue weighted by atomic mass is 9.52. The average molecular weight is 404 g/mol. The minimum Gasteiger partial charge on any atom is -0.383 e. The molecule has 5 aliphatic rings. The van der Waals surface area contributed by atoms with Gasteiger partial charge in [0.25, 0.3) is 0 Å². The molecule has 1 aliphatic heterocycles. The number of aliphatic hydroxyl groups is 1. The number of epoxide rings is 1. The largest absolute Gasteiger partial charge is 0.456 e. The summed E-state index contributed by atoms with van der Waals surface area (Å²) < 4.78 is 74.6. The molecule has 4 aliphatic carbocycles. The van der Waals surface area contributed by atoms with Crippen LogP contribution in [0, 0.1) is 17.3 Å². The maximum Gasteiger partial charge on any atom is 0.456 e. The van der Waals surface area contributed by atoms with E-state index in [0.717, 1.165) is 36.8 Å². The van der Waals surface area contributed by atoms with E-state index < -0.39 is 35.5 Å². The molecule has 156 valence electrons. The quantitative estimate of drug-likeness (QED) is 0.365. The molecule has 1 heterocycles. The molecule has 4 fully saturated rings. The van der Waals surface area contributed by atoms with Crippen LogP contribution in [0.3, 0.4) is 0 Å². The molecular formula is C21H25F5O2. The number of hydrogen-bond acceptors (Lipinski definition) is 2. The van der Waals surface area contributed by atoms with Gasteiger partial charge in [-0.3, -0.25) is 0 Å². The zero-order chi connectivity index (χ0) is 20.4. The predicted molar refractivity (Wildman–Crippen MR) is 91.7 cm³/mol. The first kappa shape index (κ1) is 19.0. The second-order valence-corrected chi connectivity index (χ2v) is 9.85. The van der Waals surface area contributed by atoms with Gasteiger partial charge in [0.2, 0.25) is 0 Å². The highest BCUT2D eigenvalue weighted by atomic mass is 19.4. The van der Waals surface area contributed by atoms with Crippen molar-refractivity contribution in [3.63, 3.8) is 0 Å². The van der Waals surface area contributed by atoms with Crippen LogP contribution in [0.15, 0.2) is 23.8 Å². The third kappa shape index (κ3) is 1.87. The molecule has 0 amide bonds. The molecule has 7 heteroatoms. The molecule has 1 saturated heterocycles. The lowest BCUT2D eigenvalue weighted by Crippen LogP contribution is -2.64. The standard InChI is InChI=1S/C21H25F5O2/c1-12-3-9-18-15-5-7-16(2)14(13(15)4-8-17(18,11-12)28-18)6-10-19(16,27)20(22,23)21(24,25)26/h5,13-14,27H,1,3-4,6-11H2,2H3. The van der Waals surface area contributed by atoms with Gasteiger partial charge in [0.15, 0.2) is 0 Å². The molecule has 0 bridgehead atoms. The number of halogens is 5. The Kier molecular flexibility index (Phi) is 3.42. The van der Waals surface area contributed by atoms with Crippen LogP contribution in [0.2, 0.25) is 0 Å². The van der Waals surface area contributed by atoms with Crippen molar-refractivity contribution in [2.75, 3.05) is 0 Å². The van der Waals surface area contributed by atoms with Crippen molar-refractivity contribution in [3.8, 4) is 0 Å². The molecule has 0 aromatic rings. The fraction of sp³-hybridized carbons (Fsp3) is 0.810. The molecule has 1 N–H and O–H groups in total. The van der Waals surface area contributed by atoms with E-state index in [-0.39, 0.29) is 30.0 Å². The molecule has 2 nitrogen and oxygen atoms in total. The third-order valence-electron chi connectivity index (χ3n) is 8.84. The van der Waals surface area contributed by atoms with Gasteiger partial charge in [0.1, 0.15) is 16.8 Å². The van der Waals surface area contributed by atoms with E-state index in [9.17, 15) is 27.1 Å². The summed E-state index contributed by atoms with van der Waals surface area (Å²) in [7, 11) is 0. The van der Waals surface area contributed by atoms with Gasteiger partial charge in [-0.25, -0.2) is 0 Å². The molecule has 5 rings (SSSR count). The summed E-state index contributed by atoms with van der Waals surface area (Å²) in [4.78, 5) is 0. The van der Waals surface area contributed by atoms with E-state index in [1.165, 1.54) is 6.92 Å². The number of alkyl halides is 5. The van der Waals surface area contributed by atoms with Crippen LogP contribution in [-0.4, -0.2) is 34.0 Å². The fourth-order valence-corrected chi connectivity index (χ4v) is 7.31. The van der Waals surface area contributed by atoms with Gasteiger partial charge in [-0.1, -0.05) is 25.2 Å². The van der Waals surface area contributed by atoms with Crippen molar-refractivity contribution < 1.29 is 31.8 Å². The van der Waals surface area contributed by atoms with E-state index in [2.05, 4.69) is 6.58 Å². The number of rotatable bonds is 1. The molecule has 6 atom stereocenters. The van der Waals surface area contributed by atoms with E-state index in [4.69, 9.17) is 4.74 Å². The lowest BCUT2D eigenvalue weighted by molar-refractivity contribution is -0.360. The molecule has 0 radical (unpaired) electrons. The monoisotopic (exact) mass is 404 g/mol. The van der Waals surface area contributed by atoms with Crippen molar-refractivity contribution in [3.05, 3.63) is 23.8 Å². The van der Waals surface area contributed by atoms with E-state index in [1.54, 1.807) is 0 Å². The van der Waals surface area contributed by atoms with Gasteiger partial charge in [0, 0.05) is 11.8 Å². The summed E-state index contributed by atoms with van der Waals surface area (Å²) in [6, 6.07) is 0. The zero-order valence-electron chi connectivity index (χ0n) is 15.8. The van der Waals surface area contributed by atoms with Crippen molar-refractivity contribution in [1.82, 2.24) is 0 Å². The average Bonchev–Trinajstić information content (AvgIpc) is 3.20. The van der Waals surface area contributed by atoms with E-state index >= 15 is 0 Å². The van der Waals surface area contributed by atoms with Gasteiger partial charge in [-0.2, -0.15) is 22.0 Å². The minimum absolute atomic E-state index is 0.0216. The highest BCUT2D eigenvalue weighted by molar-refractivity contribution is 5.45. The topological polar surface area (TPSA) is 32.8 Å². The van der Waals surface area contributed by atoms with Crippen LogP contribution >= 0.6 is 0 Å². The number of allylic oxidation sites excluding steroid dienone is 1. The first-order valence-electron chi connectivity index (χ1n) is 10.1. The van der Waals surface area contributed by atoms with Crippen molar-refractivity contribution in [2.24, 2.45) is 17.3 Å². The lowest BCUT2D eigenvalue weighted by Gasteiger charge is -2.53. The van der Waals surface area contributed by atoms with Crippen LogP contribution in [0.25, 0.3) is 0 Å². The Hall–Kier alpha value is -0.950. The summed E-state index contributed by atoms with van der Waals surface area (Å²) in [5, 5.41) is 10.8. The fourth-order valence-electron chi connectivity index (χ4n) is 7.31. The van der Waals surface area contributed by atoms with Gasteiger partial charge in [0.05, 0.1) is 0 Å². The first-order chi connectivity index (χ1) is 12.8.